The van der Waals surface area contributed by atoms with Gasteiger partial charge >= 0.3 is 0 Å². The lowest BCUT2D eigenvalue weighted by atomic mass is 9.84. The molecule has 2 aliphatic heterocycles. The molecule has 6 heteroatoms. The van der Waals surface area contributed by atoms with E-state index in [1.165, 1.54) is 5.57 Å². The van der Waals surface area contributed by atoms with Crippen LogP contribution < -0.4 is 15.4 Å². The van der Waals surface area contributed by atoms with E-state index >= 15 is 0 Å². The van der Waals surface area contributed by atoms with Crippen LogP contribution in [0.15, 0.2) is 28.3 Å². The van der Waals surface area contributed by atoms with Gasteiger partial charge in [0.2, 0.25) is 5.91 Å². The Balaban J connectivity index is 1.71. The average molecular weight is 421 g/mol. The summed E-state index contributed by atoms with van der Waals surface area (Å²) in [4.78, 5) is 24.8. The Kier molecular flexibility index (Phi) is 5.70. The van der Waals surface area contributed by atoms with Gasteiger partial charge in [0, 0.05) is 23.7 Å². The first-order valence-corrected chi connectivity index (χ1v) is 9.84. The second-order valence-electron chi connectivity index (χ2n) is 7.42. The quantitative estimate of drug-likeness (QED) is 0.737. The summed E-state index contributed by atoms with van der Waals surface area (Å²) in [6.07, 6.45) is 3.74. The lowest BCUT2D eigenvalue weighted by molar-refractivity contribution is -0.129. The molecule has 2 heterocycles. The number of carbonyl (C=O) groups excluding carboxylic acids is 2. The summed E-state index contributed by atoms with van der Waals surface area (Å²) in [5.74, 6) is 0.711. The van der Waals surface area contributed by atoms with Crippen molar-refractivity contribution in [2.24, 2.45) is 11.8 Å². The van der Waals surface area contributed by atoms with Crippen LogP contribution in [0.5, 0.6) is 5.75 Å². The lowest BCUT2D eigenvalue weighted by Gasteiger charge is -2.32. The first kappa shape index (κ1) is 19.0. The standard InChI is InChI=1S/C20H25BrN2O3/c1-11-4-5-26-18-14(6-11)8-15(9-17(18)21)19(24)22-10-16-12(2)7-13(3)23-20(16)25/h4,8-9,12-13,16H,5-7,10H2,1-3H3,(H,22,24)(H,23,25). The zero-order valence-corrected chi connectivity index (χ0v) is 17.0. The van der Waals surface area contributed by atoms with E-state index in [4.69, 9.17) is 4.74 Å². The summed E-state index contributed by atoms with van der Waals surface area (Å²) in [5, 5.41) is 5.89. The molecule has 2 amide bonds. The Morgan fingerprint density at radius 3 is 2.88 bits per heavy atom. The maximum atomic E-state index is 12.7. The van der Waals surface area contributed by atoms with Crippen molar-refractivity contribution in [1.29, 1.82) is 0 Å². The number of nitrogens with one attached hydrogen (secondary N) is 2. The van der Waals surface area contributed by atoms with Gasteiger partial charge < -0.3 is 15.4 Å². The molecule has 3 rings (SSSR count). The molecule has 0 bridgehead atoms. The van der Waals surface area contributed by atoms with E-state index in [1.54, 1.807) is 6.07 Å². The molecule has 26 heavy (non-hydrogen) atoms. The summed E-state index contributed by atoms with van der Waals surface area (Å²) in [5.41, 5.74) is 2.79. The van der Waals surface area contributed by atoms with E-state index in [0.717, 1.165) is 28.6 Å². The normalized spacial score (nSPS) is 25.3. The highest BCUT2D eigenvalue weighted by molar-refractivity contribution is 9.10. The molecule has 0 radical (unpaired) electrons. The van der Waals surface area contributed by atoms with Crippen LogP contribution in [0.3, 0.4) is 0 Å². The smallest absolute Gasteiger partial charge is 0.251 e. The number of amides is 2. The number of rotatable bonds is 3. The van der Waals surface area contributed by atoms with Crippen molar-refractivity contribution in [2.75, 3.05) is 13.2 Å². The Hall–Kier alpha value is -1.82. The van der Waals surface area contributed by atoms with Crippen molar-refractivity contribution >= 4 is 27.7 Å². The van der Waals surface area contributed by atoms with Crippen molar-refractivity contribution in [2.45, 2.75) is 39.7 Å². The van der Waals surface area contributed by atoms with E-state index in [-0.39, 0.29) is 29.7 Å². The molecule has 1 aromatic rings. The SMILES string of the molecule is CC1=CCOc2c(Br)cc(C(=O)NCC3C(=O)NC(C)CC3C)cc2C1. The monoisotopic (exact) mass is 420 g/mol. The van der Waals surface area contributed by atoms with Gasteiger partial charge in [0.05, 0.1) is 10.4 Å². The molecule has 3 unspecified atom stereocenters. The second-order valence-corrected chi connectivity index (χ2v) is 8.28. The molecule has 2 aliphatic rings. The second kappa shape index (κ2) is 7.82. The number of fused-ring (bicyclic) bond motifs is 1. The van der Waals surface area contributed by atoms with Crippen LogP contribution in [0.1, 0.15) is 43.1 Å². The Bertz CT molecular complexity index is 760. The number of ether oxygens (including phenoxy) is 1. The van der Waals surface area contributed by atoms with Crippen LogP contribution in [0.2, 0.25) is 0 Å². The molecule has 0 aromatic heterocycles. The van der Waals surface area contributed by atoms with Crippen molar-refractivity contribution in [3.05, 3.63) is 39.4 Å². The van der Waals surface area contributed by atoms with E-state index < -0.39 is 0 Å². The number of benzene rings is 1. The van der Waals surface area contributed by atoms with Gasteiger partial charge in [0.1, 0.15) is 12.4 Å². The predicted octanol–water partition coefficient (Wildman–Crippen LogP) is 3.22. The summed E-state index contributed by atoms with van der Waals surface area (Å²) in [6.45, 7) is 7.02. The van der Waals surface area contributed by atoms with E-state index in [0.29, 0.717) is 18.7 Å². The van der Waals surface area contributed by atoms with Crippen molar-refractivity contribution in [3.8, 4) is 5.75 Å². The molecule has 1 aromatic carbocycles. The van der Waals surface area contributed by atoms with Crippen molar-refractivity contribution in [3.63, 3.8) is 0 Å². The third-order valence-corrected chi connectivity index (χ3v) is 5.72. The minimum Gasteiger partial charge on any atom is -0.488 e. The maximum Gasteiger partial charge on any atom is 0.251 e. The largest absolute Gasteiger partial charge is 0.488 e. The number of allylic oxidation sites excluding steroid dienone is 1. The molecule has 0 aliphatic carbocycles. The van der Waals surface area contributed by atoms with Gasteiger partial charge in [-0.25, -0.2) is 0 Å². The first-order chi connectivity index (χ1) is 12.3. The minimum atomic E-state index is -0.187. The van der Waals surface area contributed by atoms with Crippen LogP contribution >= 0.6 is 15.9 Å². The fraction of sp³-hybridized carbons (Fsp3) is 0.500. The van der Waals surface area contributed by atoms with Gasteiger partial charge in [0.15, 0.2) is 0 Å². The van der Waals surface area contributed by atoms with Crippen molar-refractivity contribution in [1.82, 2.24) is 10.6 Å². The van der Waals surface area contributed by atoms with Crippen LogP contribution in [-0.4, -0.2) is 31.0 Å². The lowest BCUT2D eigenvalue weighted by Crippen LogP contribution is -2.50. The van der Waals surface area contributed by atoms with Gasteiger partial charge in [-0.1, -0.05) is 12.5 Å². The van der Waals surface area contributed by atoms with Gasteiger partial charge in [-0.15, -0.1) is 0 Å². The predicted molar refractivity (Wildman–Crippen MR) is 104 cm³/mol. The Labute approximate surface area is 162 Å². The average Bonchev–Trinajstić information content (AvgIpc) is 2.74. The topological polar surface area (TPSA) is 67.4 Å². The highest BCUT2D eigenvalue weighted by Crippen LogP contribution is 2.34. The molecule has 1 fully saturated rings. The molecular weight excluding hydrogens is 396 g/mol. The highest BCUT2D eigenvalue weighted by atomic mass is 79.9. The Morgan fingerprint density at radius 1 is 1.38 bits per heavy atom. The highest BCUT2D eigenvalue weighted by Gasteiger charge is 2.32. The zero-order valence-electron chi connectivity index (χ0n) is 15.4. The number of halogens is 1. The van der Waals surface area contributed by atoms with Crippen LogP contribution in [0.25, 0.3) is 0 Å². The number of piperidine rings is 1. The molecule has 5 nitrogen and oxygen atoms in total. The summed E-state index contributed by atoms with van der Waals surface area (Å²) in [7, 11) is 0. The fourth-order valence-corrected chi connectivity index (χ4v) is 4.32. The molecule has 0 spiro atoms. The fourth-order valence-electron chi connectivity index (χ4n) is 3.70. The molecule has 140 valence electrons. The number of carbonyl (C=O) groups is 2. The van der Waals surface area contributed by atoms with E-state index in [1.807, 2.05) is 13.0 Å². The molecule has 3 atom stereocenters. The summed E-state index contributed by atoms with van der Waals surface area (Å²) < 4.78 is 6.55. The molecule has 2 N–H and O–H groups in total. The zero-order chi connectivity index (χ0) is 18.8. The molecule has 1 saturated heterocycles. The van der Waals surface area contributed by atoms with Gasteiger partial charge in [-0.2, -0.15) is 0 Å². The summed E-state index contributed by atoms with van der Waals surface area (Å²) in [6, 6.07) is 3.85. The number of hydrogen-bond acceptors (Lipinski definition) is 3. The van der Waals surface area contributed by atoms with Crippen LogP contribution in [-0.2, 0) is 11.2 Å². The van der Waals surface area contributed by atoms with Gasteiger partial charge in [0.25, 0.3) is 5.91 Å². The van der Waals surface area contributed by atoms with Crippen LogP contribution in [0, 0.1) is 11.8 Å². The van der Waals surface area contributed by atoms with Gasteiger partial charge in [-0.05, 0) is 66.7 Å². The molecule has 0 saturated carbocycles. The van der Waals surface area contributed by atoms with Gasteiger partial charge in [-0.3, -0.25) is 9.59 Å². The Morgan fingerprint density at radius 2 is 2.15 bits per heavy atom. The third kappa shape index (κ3) is 4.11. The molecular formula is C20H25BrN2O3. The van der Waals surface area contributed by atoms with E-state index in [9.17, 15) is 9.59 Å². The maximum absolute atomic E-state index is 12.7. The van der Waals surface area contributed by atoms with Crippen molar-refractivity contribution < 1.29 is 14.3 Å². The van der Waals surface area contributed by atoms with E-state index in [2.05, 4.69) is 46.5 Å². The van der Waals surface area contributed by atoms with Crippen LogP contribution in [0.4, 0.5) is 0 Å². The third-order valence-electron chi connectivity index (χ3n) is 5.13. The number of hydrogen-bond donors (Lipinski definition) is 2. The minimum absolute atomic E-state index is 0.0221. The first-order valence-electron chi connectivity index (χ1n) is 9.04. The summed E-state index contributed by atoms with van der Waals surface area (Å²) >= 11 is 3.52.